The molecule has 0 aromatic heterocycles. The number of hydrogen-bond donors (Lipinski definition) is 1. The highest BCUT2D eigenvalue weighted by Crippen LogP contribution is 2.45. The Hall–Kier alpha value is -3.49. The molecule has 1 atom stereocenters. The molecule has 3 aromatic rings. The Morgan fingerprint density at radius 1 is 1.00 bits per heavy atom. The molecule has 3 aromatic carbocycles. The number of amides is 1. The average Bonchev–Trinajstić information content (AvgIpc) is 3.08. The van der Waals surface area contributed by atoms with Crippen LogP contribution < -0.4 is 9.64 Å². The van der Waals surface area contributed by atoms with Gasteiger partial charge in [-0.25, -0.2) is 0 Å². The van der Waals surface area contributed by atoms with Crippen molar-refractivity contribution in [1.29, 1.82) is 0 Å². The number of carbonyl (C=O) groups is 2. The van der Waals surface area contributed by atoms with Gasteiger partial charge in [-0.2, -0.15) is 13.2 Å². The van der Waals surface area contributed by atoms with E-state index in [1.165, 1.54) is 19.2 Å². The molecule has 186 valence electrons. The van der Waals surface area contributed by atoms with Crippen LogP contribution in [0.15, 0.2) is 66.2 Å². The van der Waals surface area contributed by atoms with Crippen LogP contribution in [0.3, 0.4) is 0 Å². The van der Waals surface area contributed by atoms with Crippen LogP contribution in [-0.4, -0.2) is 23.9 Å². The van der Waals surface area contributed by atoms with E-state index in [1.807, 2.05) is 0 Å². The highest BCUT2D eigenvalue weighted by molar-refractivity contribution is 6.51. The first kappa shape index (κ1) is 25.6. The van der Waals surface area contributed by atoms with Crippen molar-refractivity contribution in [3.05, 3.63) is 98.5 Å². The van der Waals surface area contributed by atoms with Gasteiger partial charge in [-0.1, -0.05) is 47.5 Å². The molecule has 1 aliphatic heterocycles. The quantitative estimate of drug-likeness (QED) is 0.223. The molecule has 1 fully saturated rings. The van der Waals surface area contributed by atoms with Gasteiger partial charge in [0, 0.05) is 11.3 Å². The van der Waals surface area contributed by atoms with Crippen molar-refractivity contribution >= 4 is 46.3 Å². The maximum Gasteiger partial charge on any atom is 0.416 e. The number of ketones is 1. The maximum atomic E-state index is 13.2. The first-order valence-electron chi connectivity index (χ1n) is 10.5. The highest BCUT2D eigenvalue weighted by Gasteiger charge is 2.47. The molecule has 0 saturated carbocycles. The fraction of sp³-hybridized carbons (Fsp3) is 0.154. The fourth-order valence-corrected chi connectivity index (χ4v) is 4.79. The molecular weight excluding hydrogens is 518 g/mol. The van der Waals surface area contributed by atoms with Gasteiger partial charge in [-0.3, -0.25) is 14.5 Å². The second-order valence-electron chi connectivity index (χ2n) is 8.04. The number of hydrogen-bond acceptors (Lipinski definition) is 4. The van der Waals surface area contributed by atoms with E-state index in [2.05, 4.69) is 0 Å². The molecule has 36 heavy (non-hydrogen) atoms. The lowest BCUT2D eigenvalue weighted by molar-refractivity contribution is -0.137. The van der Waals surface area contributed by atoms with E-state index < -0.39 is 35.2 Å². The summed E-state index contributed by atoms with van der Waals surface area (Å²) in [4.78, 5) is 27.5. The van der Waals surface area contributed by atoms with Gasteiger partial charge in [0.1, 0.15) is 5.76 Å². The Bertz CT molecular complexity index is 1380. The molecule has 10 heteroatoms. The molecule has 1 aliphatic rings. The van der Waals surface area contributed by atoms with Crippen molar-refractivity contribution < 1.29 is 32.6 Å². The molecular formula is C26H18Cl2F3NO4. The summed E-state index contributed by atoms with van der Waals surface area (Å²) in [7, 11) is 1.36. The molecule has 0 spiro atoms. The van der Waals surface area contributed by atoms with E-state index in [0.717, 1.165) is 29.2 Å². The normalized spacial score (nSPS) is 17.5. The van der Waals surface area contributed by atoms with Crippen LogP contribution in [0.25, 0.3) is 5.76 Å². The molecule has 5 nitrogen and oxygen atoms in total. The largest absolute Gasteiger partial charge is 0.507 e. The van der Waals surface area contributed by atoms with Gasteiger partial charge >= 0.3 is 6.18 Å². The first-order valence-corrected chi connectivity index (χ1v) is 11.3. The summed E-state index contributed by atoms with van der Waals surface area (Å²) in [5.74, 6) is -2.39. The van der Waals surface area contributed by atoms with Crippen molar-refractivity contribution in [3.63, 3.8) is 0 Å². The lowest BCUT2D eigenvalue weighted by atomic mass is 9.92. The summed E-state index contributed by atoms with van der Waals surface area (Å²) < 4.78 is 44.4. The van der Waals surface area contributed by atoms with Crippen LogP contribution in [0, 0.1) is 6.92 Å². The molecule has 1 unspecified atom stereocenters. The molecule has 1 heterocycles. The lowest BCUT2D eigenvalue weighted by Gasteiger charge is -2.27. The Morgan fingerprint density at radius 3 is 2.11 bits per heavy atom. The number of rotatable bonds is 4. The minimum atomic E-state index is -4.57. The number of alkyl halides is 3. The van der Waals surface area contributed by atoms with Crippen molar-refractivity contribution in [2.24, 2.45) is 0 Å². The van der Waals surface area contributed by atoms with Gasteiger partial charge in [-0.15, -0.1) is 0 Å². The Morgan fingerprint density at radius 2 is 1.58 bits per heavy atom. The van der Waals surface area contributed by atoms with E-state index in [-0.39, 0.29) is 32.6 Å². The van der Waals surface area contributed by atoms with Gasteiger partial charge in [0.05, 0.1) is 34.3 Å². The van der Waals surface area contributed by atoms with E-state index in [9.17, 15) is 27.9 Å². The summed E-state index contributed by atoms with van der Waals surface area (Å²) in [6.45, 7) is 1.75. The Labute approximate surface area is 214 Å². The number of methoxy groups -OCH3 is 1. The smallest absolute Gasteiger partial charge is 0.416 e. The minimum absolute atomic E-state index is 0.0585. The number of aliphatic hydroxyl groups excluding tert-OH is 1. The van der Waals surface area contributed by atoms with Crippen LogP contribution >= 0.6 is 23.2 Å². The van der Waals surface area contributed by atoms with Crippen LogP contribution in [0.2, 0.25) is 10.0 Å². The molecule has 1 N–H and O–H groups in total. The molecule has 0 bridgehead atoms. The average molecular weight is 536 g/mol. The van der Waals surface area contributed by atoms with Crippen molar-refractivity contribution in [3.8, 4) is 5.75 Å². The molecule has 4 rings (SSSR count). The van der Waals surface area contributed by atoms with Crippen LogP contribution in [0.4, 0.5) is 18.9 Å². The third-order valence-corrected chi connectivity index (χ3v) is 6.44. The van der Waals surface area contributed by atoms with Gasteiger partial charge in [-0.05, 0) is 54.4 Å². The molecule has 1 amide bonds. The third-order valence-electron chi connectivity index (χ3n) is 5.88. The van der Waals surface area contributed by atoms with E-state index in [0.29, 0.717) is 11.1 Å². The molecule has 1 saturated heterocycles. The SMILES string of the molecule is COc1c(Cl)cc(/C(O)=C2\C(=O)C(=O)N(c3ccc(C(F)(F)F)cc3)C2c2ccccc2C)cc1Cl. The summed E-state index contributed by atoms with van der Waals surface area (Å²) in [5, 5.41) is 11.4. The van der Waals surface area contributed by atoms with Crippen LogP contribution in [-0.2, 0) is 15.8 Å². The zero-order valence-electron chi connectivity index (χ0n) is 18.9. The second kappa shape index (κ2) is 9.52. The topological polar surface area (TPSA) is 66.8 Å². The first-order chi connectivity index (χ1) is 17.0. The Balaban J connectivity index is 1.95. The van der Waals surface area contributed by atoms with Gasteiger partial charge in [0.2, 0.25) is 0 Å². The number of nitrogens with zero attached hydrogens (tertiary/aromatic N) is 1. The van der Waals surface area contributed by atoms with E-state index in [4.69, 9.17) is 27.9 Å². The van der Waals surface area contributed by atoms with Gasteiger partial charge in [0.15, 0.2) is 5.75 Å². The molecule has 0 aliphatic carbocycles. The standard InChI is InChI=1S/C26H18Cl2F3NO4/c1-13-5-3-4-6-17(13)21-20(22(33)14-11-18(27)24(36-2)19(28)12-14)23(34)25(35)32(21)16-9-7-15(8-10-16)26(29,30)31/h3-12,21,33H,1-2H3/b22-20+. The fourth-order valence-electron chi connectivity index (χ4n) is 4.14. The number of anilines is 1. The predicted molar refractivity (Wildman–Crippen MR) is 130 cm³/mol. The maximum absolute atomic E-state index is 13.2. The van der Waals surface area contributed by atoms with Crippen LogP contribution in [0.1, 0.15) is 28.3 Å². The van der Waals surface area contributed by atoms with Crippen molar-refractivity contribution in [1.82, 2.24) is 0 Å². The zero-order chi connectivity index (χ0) is 26.4. The lowest BCUT2D eigenvalue weighted by Crippen LogP contribution is -2.29. The zero-order valence-corrected chi connectivity index (χ0v) is 20.4. The number of aliphatic hydroxyl groups is 1. The predicted octanol–water partition coefficient (Wildman–Crippen LogP) is 6.96. The number of benzene rings is 3. The summed E-state index contributed by atoms with van der Waals surface area (Å²) >= 11 is 12.4. The van der Waals surface area contributed by atoms with Crippen molar-refractivity contribution in [2.45, 2.75) is 19.1 Å². The minimum Gasteiger partial charge on any atom is -0.507 e. The summed E-state index contributed by atoms with van der Waals surface area (Å²) in [5.41, 5.74) is 0.157. The number of aryl methyl sites for hydroxylation is 1. The Kier molecular flexibility index (Phi) is 6.77. The van der Waals surface area contributed by atoms with Gasteiger partial charge < -0.3 is 9.84 Å². The number of Topliss-reactive ketones (excluding diaryl/α,β-unsaturated/α-hetero) is 1. The molecule has 0 radical (unpaired) electrons. The van der Waals surface area contributed by atoms with Crippen LogP contribution in [0.5, 0.6) is 5.75 Å². The number of halogens is 5. The van der Waals surface area contributed by atoms with E-state index >= 15 is 0 Å². The van der Waals surface area contributed by atoms with Crippen molar-refractivity contribution in [2.75, 3.05) is 12.0 Å². The highest BCUT2D eigenvalue weighted by atomic mass is 35.5. The number of carbonyl (C=O) groups excluding carboxylic acids is 2. The monoisotopic (exact) mass is 535 g/mol. The number of ether oxygens (including phenoxy) is 1. The summed E-state index contributed by atoms with van der Waals surface area (Å²) in [6, 6.07) is 12.3. The second-order valence-corrected chi connectivity index (χ2v) is 8.86. The third kappa shape index (κ3) is 4.42. The van der Waals surface area contributed by atoms with Gasteiger partial charge in [0.25, 0.3) is 11.7 Å². The van der Waals surface area contributed by atoms with E-state index in [1.54, 1.807) is 31.2 Å². The summed E-state index contributed by atoms with van der Waals surface area (Å²) in [6.07, 6.45) is -4.57.